The van der Waals surface area contributed by atoms with Crippen LogP contribution in [0.2, 0.25) is 0 Å². The Morgan fingerprint density at radius 2 is 1.21 bits per heavy atom. The fourth-order valence-electron chi connectivity index (χ4n) is 2.41. The van der Waals surface area contributed by atoms with E-state index in [0.29, 0.717) is 0 Å². The van der Waals surface area contributed by atoms with Crippen LogP contribution in [-0.2, 0) is 0 Å². The third-order valence-corrected chi connectivity index (χ3v) is 3.96. The molecule has 0 aliphatic heterocycles. The lowest BCUT2D eigenvalue weighted by Gasteiger charge is -2.11. The van der Waals surface area contributed by atoms with Crippen molar-refractivity contribution in [3.05, 3.63) is 12.2 Å². The molecule has 4 nitrogen and oxygen atoms in total. The summed E-state index contributed by atoms with van der Waals surface area (Å²) in [5.74, 6) is 0. The summed E-state index contributed by atoms with van der Waals surface area (Å²) in [4.78, 5) is 0. The van der Waals surface area contributed by atoms with Crippen molar-refractivity contribution in [3.8, 4) is 0 Å². The second-order valence-corrected chi connectivity index (χ2v) is 6.41. The van der Waals surface area contributed by atoms with Crippen LogP contribution in [0.25, 0.3) is 0 Å². The van der Waals surface area contributed by atoms with E-state index in [2.05, 4.69) is 6.92 Å². The molecule has 0 aliphatic carbocycles. The molecular formula is C20H43NO3. The zero-order chi connectivity index (χ0) is 18.5. The smallest absolute Gasteiger partial charge is 0.0894 e. The fourth-order valence-corrected chi connectivity index (χ4v) is 2.41. The Bertz CT molecular complexity index is 247. The first-order valence-electron chi connectivity index (χ1n) is 9.95. The van der Waals surface area contributed by atoms with Crippen LogP contribution in [0.15, 0.2) is 12.2 Å². The first kappa shape index (κ1) is 25.8. The van der Waals surface area contributed by atoms with E-state index in [4.69, 9.17) is 15.9 Å². The Morgan fingerprint density at radius 3 is 1.62 bits per heavy atom. The van der Waals surface area contributed by atoms with E-state index >= 15 is 0 Å². The molecule has 0 saturated carbocycles. The van der Waals surface area contributed by atoms with Crippen LogP contribution in [0.3, 0.4) is 0 Å². The van der Waals surface area contributed by atoms with Gasteiger partial charge < -0.3 is 21.1 Å². The molecule has 0 amide bonds. The molecule has 5 N–H and O–H groups in total. The minimum absolute atomic E-state index is 0.177. The topological polar surface area (TPSA) is 86.7 Å². The summed E-state index contributed by atoms with van der Waals surface area (Å²) in [5, 5.41) is 25.9. The maximum absolute atomic E-state index is 9.52. The van der Waals surface area contributed by atoms with Crippen molar-refractivity contribution in [2.45, 2.75) is 103 Å². The van der Waals surface area contributed by atoms with E-state index in [1.165, 1.54) is 70.6 Å². The van der Waals surface area contributed by atoms with Crippen molar-refractivity contribution in [1.82, 2.24) is 0 Å². The molecule has 4 heteroatoms. The highest BCUT2D eigenvalue weighted by Crippen LogP contribution is 2.12. The van der Waals surface area contributed by atoms with Crippen molar-refractivity contribution in [2.24, 2.45) is 5.73 Å². The van der Waals surface area contributed by atoms with E-state index in [9.17, 15) is 5.11 Å². The van der Waals surface area contributed by atoms with Crippen LogP contribution in [0, 0.1) is 0 Å². The van der Waals surface area contributed by atoms with Crippen LogP contribution < -0.4 is 5.73 Å². The summed E-state index contributed by atoms with van der Waals surface area (Å²) in [5.41, 5.74) is 5.51. The molecule has 0 aromatic rings. The van der Waals surface area contributed by atoms with Crippen LogP contribution in [0.4, 0.5) is 0 Å². The highest BCUT2D eigenvalue weighted by molar-refractivity contribution is 4.93. The molecule has 0 aliphatic rings. The summed E-state index contributed by atoms with van der Waals surface area (Å²) in [6.07, 6.45) is 18.8. The van der Waals surface area contributed by atoms with Gasteiger partial charge in [-0.1, -0.05) is 83.3 Å². The van der Waals surface area contributed by atoms with E-state index in [0.717, 1.165) is 6.42 Å². The molecule has 0 aromatic carbocycles. The number of unbranched alkanes of at least 4 members (excludes halogenated alkanes) is 11. The van der Waals surface area contributed by atoms with Gasteiger partial charge in [0.05, 0.1) is 18.8 Å². The van der Waals surface area contributed by atoms with Gasteiger partial charge in [-0.15, -0.1) is 0 Å². The van der Waals surface area contributed by atoms with E-state index < -0.39 is 12.1 Å². The molecule has 0 saturated heterocycles. The summed E-state index contributed by atoms with van der Waals surface area (Å²) in [6.45, 7) is 4.01. The Morgan fingerprint density at radius 1 is 0.792 bits per heavy atom. The first-order chi connectivity index (χ1) is 11.6. The lowest BCUT2D eigenvalue weighted by Crippen LogP contribution is -2.36. The van der Waals surface area contributed by atoms with Crippen molar-refractivity contribution < 1.29 is 15.3 Å². The number of allylic oxidation sites excluding steroid dienone is 1. The second kappa shape index (κ2) is 22.6. The lowest BCUT2D eigenvalue weighted by molar-refractivity contribution is 0.144. The molecule has 0 heterocycles. The van der Waals surface area contributed by atoms with Crippen LogP contribution in [0.1, 0.15) is 90.9 Å². The predicted molar refractivity (Wildman–Crippen MR) is 104 cm³/mol. The molecule has 0 fully saturated rings. The van der Waals surface area contributed by atoms with Gasteiger partial charge in [0.1, 0.15) is 0 Å². The number of nitrogens with two attached hydrogens (primary N) is 1. The molecule has 0 radical (unpaired) electrons. The van der Waals surface area contributed by atoms with Crippen LogP contribution in [-0.4, -0.2) is 40.7 Å². The Balaban J connectivity index is 0. The molecule has 0 bridgehead atoms. The predicted octanol–water partition coefficient (Wildman–Crippen LogP) is 3.92. The van der Waals surface area contributed by atoms with Gasteiger partial charge in [0.15, 0.2) is 0 Å². The molecule has 24 heavy (non-hydrogen) atoms. The lowest BCUT2D eigenvalue weighted by atomic mass is 10.0. The molecule has 146 valence electrons. The van der Waals surface area contributed by atoms with Gasteiger partial charge in [-0.25, -0.2) is 0 Å². The average Bonchev–Trinajstić information content (AvgIpc) is 2.58. The minimum atomic E-state index is -0.720. The van der Waals surface area contributed by atoms with Gasteiger partial charge in [-0.05, 0) is 19.8 Å². The van der Waals surface area contributed by atoms with Gasteiger partial charge in [0.2, 0.25) is 0 Å². The van der Waals surface area contributed by atoms with E-state index in [-0.39, 0.29) is 13.2 Å². The first-order valence-corrected chi connectivity index (χ1v) is 9.95. The summed E-state index contributed by atoms with van der Waals surface area (Å²) in [6, 6.07) is -0.557. The molecule has 0 aromatic heterocycles. The highest BCUT2D eigenvalue weighted by Gasteiger charge is 2.08. The summed E-state index contributed by atoms with van der Waals surface area (Å²) < 4.78 is 0. The van der Waals surface area contributed by atoms with Gasteiger partial charge in [0.25, 0.3) is 0 Å². The number of rotatable bonds is 15. The SMILES string of the molecule is CCCCCCCCCCCCC/C=C/[C@@H](O)[C@@H](N)CO.CCO. The number of aliphatic hydroxyl groups excluding tert-OH is 3. The molecule has 0 rings (SSSR count). The minimum Gasteiger partial charge on any atom is -0.397 e. The number of hydrogen-bond donors (Lipinski definition) is 4. The van der Waals surface area contributed by atoms with Gasteiger partial charge in [-0.3, -0.25) is 0 Å². The third kappa shape index (κ3) is 21.6. The maximum Gasteiger partial charge on any atom is 0.0894 e. The second-order valence-electron chi connectivity index (χ2n) is 6.41. The number of aliphatic hydroxyl groups is 3. The normalized spacial score (nSPS) is 13.6. The Hall–Kier alpha value is -0.420. The van der Waals surface area contributed by atoms with Crippen molar-refractivity contribution in [1.29, 1.82) is 0 Å². The standard InChI is InChI=1S/C18H37NO2.C2H6O/c1-2-3-4-5-6-7-8-9-10-11-12-13-14-15-18(21)17(19)16-20;1-2-3/h14-15,17-18,20-21H,2-13,16,19H2,1H3;3H,2H2,1H3/b15-14+;/t17-,18+;/m0./s1. The largest absolute Gasteiger partial charge is 0.397 e. The fraction of sp³-hybridized carbons (Fsp3) is 0.900. The van der Waals surface area contributed by atoms with Gasteiger partial charge in [0, 0.05) is 6.61 Å². The Kier molecular flexibility index (Phi) is 24.3. The molecular weight excluding hydrogens is 302 g/mol. The maximum atomic E-state index is 9.52. The number of hydrogen-bond acceptors (Lipinski definition) is 4. The molecule has 0 unspecified atom stereocenters. The zero-order valence-electron chi connectivity index (χ0n) is 16.1. The monoisotopic (exact) mass is 345 g/mol. The molecule has 0 spiro atoms. The third-order valence-electron chi connectivity index (χ3n) is 3.96. The van der Waals surface area contributed by atoms with Gasteiger partial charge in [-0.2, -0.15) is 0 Å². The Labute approximate surface area is 150 Å². The van der Waals surface area contributed by atoms with Crippen LogP contribution >= 0.6 is 0 Å². The molecule has 2 atom stereocenters. The van der Waals surface area contributed by atoms with Crippen molar-refractivity contribution >= 4 is 0 Å². The van der Waals surface area contributed by atoms with Crippen molar-refractivity contribution in [3.63, 3.8) is 0 Å². The highest BCUT2D eigenvalue weighted by atomic mass is 16.3. The summed E-state index contributed by atoms with van der Waals surface area (Å²) in [7, 11) is 0. The summed E-state index contributed by atoms with van der Waals surface area (Å²) >= 11 is 0. The quantitative estimate of drug-likeness (QED) is 0.268. The van der Waals surface area contributed by atoms with E-state index in [1.54, 1.807) is 13.0 Å². The van der Waals surface area contributed by atoms with Crippen molar-refractivity contribution in [2.75, 3.05) is 13.2 Å². The zero-order valence-corrected chi connectivity index (χ0v) is 16.1. The van der Waals surface area contributed by atoms with Crippen LogP contribution in [0.5, 0.6) is 0 Å². The average molecular weight is 346 g/mol. The van der Waals surface area contributed by atoms with E-state index in [1.807, 2.05) is 6.08 Å². The van der Waals surface area contributed by atoms with Gasteiger partial charge >= 0.3 is 0 Å².